The molecule has 2 aliphatic rings. The molecule has 1 aromatic carbocycles. The quantitative estimate of drug-likeness (QED) is 0.444. The normalized spacial score (nSPS) is 16.9. The van der Waals surface area contributed by atoms with Gasteiger partial charge in [-0.1, -0.05) is 22.7 Å². The standard InChI is InChI=1S/C14H13FN6S/c15-10-4-2-1-3-9(10)7-11-14-17-5-6-21(14)8-12(18-11)13(16)19-20-22/h1-6,8,17-18H,7H2,(H2,16,19,22). The molecule has 0 saturated carbocycles. The van der Waals surface area contributed by atoms with Gasteiger partial charge in [0.2, 0.25) is 0 Å². The van der Waals surface area contributed by atoms with Crippen molar-refractivity contribution >= 4 is 18.3 Å². The Morgan fingerprint density at radius 3 is 2.95 bits per heavy atom. The summed E-state index contributed by atoms with van der Waals surface area (Å²) in [5.74, 6) is 0.726. The molecule has 6 nitrogen and oxygen atoms in total. The summed E-state index contributed by atoms with van der Waals surface area (Å²) in [4.78, 5) is 1.84. The van der Waals surface area contributed by atoms with Crippen LogP contribution in [0.25, 0.3) is 0 Å². The maximum absolute atomic E-state index is 13.9. The van der Waals surface area contributed by atoms with E-state index in [-0.39, 0.29) is 11.7 Å². The van der Waals surface area contributed by atoms with Crippen LogP contribution >= 0.6 is 0 Å². The number of nitrogens with one attached hydrogen (secondary N) is 2. The van der Waals surface area contributed by atoms with Crippen LogP contribution in [-0.4, -0.2) is 10.7 Å². The first-order valence-electron chi connectivity index (χ1n) is 6.52. The van der Waals surface area contributed by atoms with Crippen molar-refractivity contribution in [1.29, 1.82) is 0 Å². The van der Waals surface area contributed by atoms with Crippen molar-refractivity contribution in [2.75, 3.05) is 0 Å². The second-order valence-electron chi connectivity index (χ2n) is 4.70. The number of hydrogen-bond donors (Lipinski definition) is 3. The first-order chi connectivity index (χ1) is 10.7. The van der Waals surface area contributed by atoms with Gasteiger partial charge in [0, 0.05) is 25.0 Å². The summed E-state index contributed by atoms with van der Waals surface area (Å²) < 4.78 is 17.1. The van der Waals surface area contributed by atoms with Gasteiger partial charge in [0.25, 0.3) is 0 Å². The van der Waals surface area contributed by atoms with Gasteiger partial charge in [0.15, 0.2) is 5.84 Å². The lowest BCUT2D eigenvalue weighted by atomic mass is 10.1. The average Bonchev–Trinajstić information content (AvgIpc) is 2.98. The Kier molecular flexibility index (Phi) is 3.84. The molecule has 1 aromatic rings. The molecular weight excluding hydrogens is 303 g/mol. The van der Waals surface area contributed by atoms with Crippen molar-refractivity contribution in [2.24, 2.45) is 15.3 Å². The molecule has 2 aliphatic heterocycles. The number of benzene rings is 1. The molecule has 0 aromatic heterocycles. The molecule has 0 aliphatic carbocycles. The second-order valence-corrected chi connectivity index (χ2v) is 4.86. The lowest BCUT2D eigenvalue weighted by Gasteiger charge is -2.26. The third-order valence-electron chi connectivity index (χ3n) is 3.30. The third kappa shape index (κ3) is 2.68. The molecule has 0 unspecified atom stereocenters. The molecule has 8 heteroatoms. The SMILES string of the molecule is NC(=NN=S)C1=CN2C=CNC2=C(Cc2ccccc2F)N1. The highest BCUT2D eigenvalue weighted by Gasteiger charge is 2.23. The summed E-state index contributed by atoms with van der Waals surface area (Å²) in [7, 11) is 0. The first-order valence-corrected chi connectivity index (χ1v) is 6.88. The Hall–Kier alpha value is -2.74. The largest absolute Gasteiger partial charge is 0.380 e. The van der Waals surface area contributed by atoms with E-state index in [4.69, 9.17) is 5.73 Å². The molecule has 0 spiro atoms. The Labute approximate surface area is 132 Å². The molecule has 22 heavy (non-hydrogen) atoms. The van der Waals surface area contributed by atoms with Gasteiger partial charge in [-0.25, -0.2) is 4.39 Å². The Morgan fingerprint density at radius 1 is 1.36 bits per heavy atom. The molecule has 0 radical (unpaired) electrons. The predicted molar refractivity (Wildman–Crippen MR) is 83.9 cm³/mol. The Morgan fingerprint density at radius 2 is 2.18 bits per heavy atom. The van der Waals surface area contributed by atoms with Gasteiger partial charge in [-0.05, 0) is 11.6 Å². The zero-order valence-corrected chi connectivity index (χ0v) is 12.3. The molecule has 0 amide bonds. The van der Waals surface area contributed by atoms with Gasteiger partial charge in [0.05, 0.1) is 23.8 Å². The van der Waals surface area contributed by atoms with Gasteiger partial charge in [0.1, 0.15) is 11.6 Å². The van der Waals surface area contributed by atoms with Crippen molar-refractivity contribution in [3.8, 4) is 0 Å². The highest BCUT2D eigenvalue weighted by molar-refractivity contribution is 7.47. The monoisotopic (exact) mass is 316 g/mol. The predicted octanol–water partition coefficient (Wildman–Crippen LogP) is 1.36. The molecule has 2 heterocycles. The van der Waals surface area contributed by atoms with Gasteiger partial charge < -0.3 is 21.3 Å². The van der Waals surface area contributed by atoms with E-state index >= 15 is 0 Å². The molecule has 4 N–H and O–H groups in total. The number of halogens is 1. The molecular formula is C14H13FN6S. The number of nitrogens with two attached hydrogens (primary N) is 1. The summed E-state index contributed by atoms with van der Waals surface area (Å²) in [6, 6.07) is 6.64. The lowest BCUT2D eigenvalue weighted by Crippen LogP contribution is -2.36. The summed E-state index contributed by atoms with van der Waals surface area (Å²) in [5, 5.41) is 9.92. The first kappa shape index (κ1) is 14.2. The van der Waals surface area contributed by atoms with Crippen LogP contribution in [-0.2, 0) is 18.8 Å². The number of fused-ring (bicyclic) bond motifs is 1. The highest BCUT2D eigenvalue weighted by atomic mass is 32.1. The molecule has 0 fully saturated rings. The van der Waals surface area contributed by atoms with E-state index < -0.39 is 0 Å². The third-order valence-corrected chi connectivity index (χ3v) is 3.38. The number of rotatable bonds is 4. The van der Waals surface area contributed by atoms with E-state index in [0.717, 1.165) is 11.5 Å². The fourth-order valence-electron chi connectivity index (χ4n) is 2.28. The van der Waals surface area contributed by atoms with Crippen LogP contribution in [0.4, 0.5) is 4.39 Å². The van der Waals surface area contributed by atoms with Crippen molar-refractivity contribution < 1.29 is 4.39 Å². The smallest absolute Gasteiger partial charge is 0.172 e. The van der Waals surface area contributed by atoms with E-state index in [1.54, 1.807) is 30.6 Å². The van der Waals surface area contributed by atoms with Crippen LogP contribution in [0.1, 0.15) is 5.56 Å². The number of allylic oxidation sites excluding steroid dienone is 1. The van der Waals surface area contributed by atoms with Gasteiger partial charge >= 0.3 is 0 Å². The fourth-order valence-corrected chi connectivity index (χ4v) is 2.37. The highest BCUT2D eigenvalue weighted by Crippen LogP contribution is 2.23. The van der Waals surface area contributed by atoms with E-state index in [2.05, 4.69) is 32.6 Å². The summed E-state index contributed by atoms with van der Waals surface area (Å²) in [5.41, 5.74) is 7.72. The zero-order valence-electron chi connectivity index (χ0n) is 11.5. The second kappa shape index (κ2) is 5.94. The van der Waals surface area contributed by atoms with Gasteiger partial charge in [-0.15, -0.1) is 5.10 Å². The lowest BCUT2D eigenvalue weighted by molar-refractivity contribution is 0.565. The molecule has 0 atom stereocenters. The number of nitrogens with zero attached hydrogens (tertiary/aromatic N) is 3. The minimum absolute atomic E-state index is 0.167. The van der Waals surface area contributed by atoms with Crippen LogP contribution in [0, 0.1) is 5.82 Å². The Bertz CT molecular complexity index is 737. The minimum Gasteiger partial charge on any atom is -0.380 e. The summed E-state index contributed by atoms with van der Waals surface area (Å²) in [6.45, 7) is 0. The molecule has 0 saturated heterocycles. The van der Waals surface area contributed by atoms with E-state index in [0.29, 0.717) is 17.7 Å². The van der Waals surface area contributed by atoms with Crippen LogP contribution in [0.3, 0.4) is 0 Å². The van der Waals surface area contributed by atoms with Crippen molar-refractivity contribution in [3.05, 3.63) is 71.5 Å². The van der Waals surface area contributed by atoms with E-state index in [1.807, 2.05) is 11.1 Å². The van der Waals surface area contributed by atoms with Crippen LogP contribution in [0.2, 0.25) is 0 Å². The maximum Gasteiger partial charge on any atom is 0.172 e. The fraction of sp³-hybridized carbons (Fsp3) is 0.0714. The maximum atomic E-state index is 13.9. The number of amidine groups is 1. The number of hydrogen-bond acceptors (Lipinski definition) is 5. The van der Waals surface area contributed by atoms with Crippen LogP contribution < -0.4 is 16.4 Å². The Balaban J connectivity index is 1.92. The summed E-state index contributed by atoms with van der Waals surface area (Å²) >= 11 is 4.44. The van der Waals surface area contributed by atoms with Crippen molar-refractivity contribution in [1.82, 2.24) is 15.5 Å². The van der Waals surface area contributed by atoms with Gasteiger partial charge in [-0.3, -0.25) is 0 Å². The molecule has 0 bridgehead atoms. The van der Waals surface area contributed by atoms with Gasteiger partial charge in [-0.2, -0.15) is 0 Å². The molecule has 3 rings (SSSR count). The minimum atomic E-state index is -0.256. The topological polar surface area (TPSA) is 78.0 Å². The van der Waals surface area contributed by atoms with Crippen molar-refractivity contribution in [2.45, 2.75) is 6.42 Å². The zero-order chi connectivity index (χ0) is 15.5. The molecule has 112 valence electrons. The van der Waals surface area contributed by atoms with Crippen molar-refractivity contribution in [3.63, 3.8) is 0 Å². The average molecular weight is 316 g/mol. The van der Waals surface area contributed by atoms with Crippen LogP contribution in [0.15, 0.2) is 69.7 Å². The summed E-state index contributed by atoms with van der Waals surface area (Å²) in [6.07, 6.45) is 5.75. The van der Waals surface area contributed by atoms with E-state index in [1.165, 1.54) is 6.07 Å². The van der Waals surface area contributed by atoms with E-state index in [9.17, 15) is 4.39 Å². The van der Waals surface area contributed by atoms with Crippen LogP contribution in [0.5, 0.6) is 0 Å².